The van der Waals surface area contributed by atoms with Crippen molar-refractivity contribution < 1.29 is 27.6 Å². The Morgan fingerprint density at radius 1 is 1.27 bits per heavy atom. The van der Waals surface area contributed by atoms with Gasteiger partial charge in [-0.15, -0.1) is 0 Å². The Kier molecular flexibility index (Phi) is 6.56. The van der Waals surface area contributed by atoms with Gasteiger partial charge in [-0.1, -0.05) is 0 Å². The third-order valence-electron chi connectivity index (χ3n) is 0.771. The van der Waals surface area contributed by atoms with Crippen LogP contribution in [0.1, 0.15) is 0 Å². The second-order valence-electron chi connectivity index (χ2n) is 1.45. The van der Waals surface area contributed by atoms with E-state index in [1.807, 2.05) is 0 Å². The first kappa shape index (κ1) is 12.3. The van der Waals surface area contributed by atoms with Gasteiger partial charge in [0, 0.05) is 29.6 Å². The first-order chi connectivity index (χ1) is 4.72. The second-order valence-corrected chi connectivity index (χ2v) is 3.74. The zero-order valence-electron chi connectivity index (χ0n) is 5.77. The first-order valence-corrected chi connectivity index (χ1v) is 4.87. The van der Waals surface area contributed by atoms with Crippen LogP contribution >= 0.6 is 16.5 Å². The molecular formula is C2H6NaO6P2. The van der Waals surface area contributed by atoms with E-state index in [1.54, 1.807) is 0 Å². The van der Waals surface area contributed by atoms with E-state index >= 15 is 0 Å². The van der Waals surface area contributed by atoms with Crippen LogP contribution in [-0.2, 0) is 22.5 Å². The summed E-state index contributed by atoms with van der Waals surface area (Å²) in [6.45, 7) is -0.476. The van der Waals surface area contributed by atoms with Crippen molar-refractivity contribution >= 4 is 46.1 Å². The number of rotatable bonds is 1. The maximum absolute atomic E-state index is 10.4. The van der Waals surface area contributed by atoms with Gasteiger partial charge in [0.05, 0.1) is 6.61 Å². The van der Waals surface area contributed by atoms with E-state index in [-0.39, 0.29) is 29.6 Å². The quantitative estimate of drug-likeness (QED) is 0.476. The summed E-state index contributed by atoms with van der Waals surface area (Å²) in [7, 11) is -5.41. The summed E-state index contributed by atoms with van der Waals surface area (Å²) >= 11 is 0. The minimum Gasteiger partial charge on any atom is -0.391 e. The molecule has 1 fully saturated rings. The molecule has 1 aliphatic heterocycles. The number of aliphatic hydroxyl groups excluding tert-OH is 1. The monoisotopic (exact) mass is 211 g/mol. The Balaban J connectivity index is 0.000001000. The van der Waals surface area contributed by atoms with Gasteiger partial charge < -0.3 is 5.11 Å². The number of hydrogen-bond acceptors (Lipinski definition) is 6. The standard InChI is InChI=1S/C2H6O6P2.Na/c3-1-2-6-9(4)8-10(5)7-2;/h2-3,9-10H,1H2;. The molecule has 1 saturated heterocycles. The van der Waals surface area contributed by atoms with Crippen LogP contribution in [0.25, 0.3) is 0 Å². The molecule has 0 saturated carbocycles. The Labute approximate surface area is 86.4 Å². The Bertz CT molecular complexity index is 156. The van der Waals surface area contributed by atoms with Crippen molar-refractivity contribution in [3.8, 4) is 0 Å². The van der Waals surface area contributed by atoms with Crippen molar-refractivity contribution in [1.82, 2.24) is 0 Å². The van der Waals surface area contributed by atoms with Crippen LogP contribution in [-0.4, -0.2) is 47.6 Å². The molecule has 1 heterocycles. The molecule has 0 aliphatic carbocycles. The van der Waals surface area contributed by atoms with Gasteiger partial charge >= 0.3 is 16.5 Å². The van der Waals surface area contributed by atoms with Gasteiger partial charge in [-0.3, -0.25) is 18.2 Å². The third kappa shape index (κ3) is 4.18. The molecule has 2 atom stereocenters. The zero-order valence-corrected chi connectivity index (χ0v) is 9.77. The molecule has 9 heteroatoms. The second kappa shape index (κ2) is 5.86. The molecule has 0 aromatic rings. The van der Waals surface area contributed by atoms with E-state index in [0.717, 1.165) is 0 Å². The molecule has 1 aliphatic rings. The summed E-state index contributed by atoms with van der Waals surface area (Å²) in [6, 6.07) is 0. The first-order valence-electron chi connectivity index (χ1n) is 2.42. The summed E-state index contributed by atoms with van der Waals surface area (Å²) in [4.78, 5) is 0. The average Bonchev–Trinajstić information content (AvgIpc) is 1.85. The van der Waals surface area contributed by atoms with Gasteiger partial charge in [-0.05, 0) is 0 Å². The van der Waals surface area contributed by atoms with Crippen LogP contribution in [0, 0.1) is 0 Å². The minimum atomic E-state index is -2.70. The Hall–Kier alpha value is 1.30. The van der Waals surface area contributed by atoms with E-state index in [2.05, 4.69) is 13.4 Å². The van der Waals surface area contributed by atoms with Crippen molar-refractivity contribution in [3.63, 3.8) is 0 Å². The molecule has 0 aromatic heterocycles. The molecular weight excluding hydrogens is 205 g/mol. The molecule has 0 spiro atoms. The van der Waals surface area contributed by atoms with Gasteiger partial charge in [-0.25, -0.2) is 4.31 Å². The van der Waals surface area contributed by atoms with Gasteiger partial charge in [0.15, 0.2) is 6.29 Å². The summed E-state index contributed by atoms with van der Waals surface area (Å²) in [5.41, 5.74) is 0. The number of aliphatic hydroxyl groups is 1. The fourth-order valence-corrected chi connectivity index (χ4v) is 2.13. The number of hydrogen-bond donors (Lipinski definition) is 1. The molecule has 0 aromatic carbocycles. The Morgan fingerprint density at radius 2 is 1.73 bits per heavy atom. The smallest absolute Gasteiger partial charge is 0.328 e. The molecule has 0 amide bonds. The van der Waals surface area contributed by atoms with Crippen molar-refractivity contribution in [3.05, 3.63) is 0 Å². The largest absolute Gasteiger partial charge is 0.391 e. The predicted octanol–water partition coefficient (Wildman–Crippen LogP) is -0.233. The maximum Gasteiger partial charge on any atom is 0.328 e. The summed E-state index contributed by atoms with van der Waals surface area (Å²) in [6.07, 6.45) is -1.06. The van der Waals surface area contributed by atoms with Crippen molar-refractivity contribution in [2.45, 2.75) is 6.29 Å². The van der Waals surface area contributed by atoms with Crippen LogP contribution < -0.4 is 0 Å². The topological polar surface area (TPSA) is 82.1 Å². The fraction of sp³-hybridized carbons (Fsp3) is 1.00. The SMILES string of the molecule is O=[PH]1OC(CO)O[PH](=O)O1.[Na]. The van der Waals surface area contributed by atoms with Crippen molar-refractivity contribution in [2.75, 3.05) is 6.61 Å². The Morgan fingerprint density at radius 3 is 2.09 bits per heavy atom. The maximum atomic E-state index is 10.4. The van der Waals surface area contributed by atoms with Gasteiger partial charge in [0.25, 0.3) is 0 Å². The van der Waals surface area contributed by atoms with Gasteiger partial charge in [0.2, 0.25) is 0 Å². The van der Waals surface area contributed by atoms with E-state index < -0.39 is 29.4 Å². The molecule has 6 nitrogen and oxygen atoms in total. The third-order valence-corrected chi connectivity index (χ3v) is 3.02. The average molecular weight is 211 g/mol. The molecule has 61 valence electrons. The molecule has 1 rings (SSSR count). The predicted molar refractivity (Wildman–Crippen MR) is 37.9 cm³/mol. The molecule has 2 unspecified atom stereocenters. The van der Waals surface area contributed by atoms with E-state index in [4.69, 9.17) is 5.11 Å². The van der Waals surface area contributed by atoms with Crippen molar-refractivity contribution in [1.29, 1.82) is 0 Å². The molecule has 1 radical (unpaired) electrons. The zero-order chi connectivity index (χ0) is 7.56. The van der Waals surface area contributed by atoms with Crippen molar-refractivity contribution in [2.24, 2.45) is 0 Å². The van der Waals surface area contributed by atoms with E-state index in [0.29, 0.717) is 0 Å². The van der Waals surface area contributed by atoms with Crippen LogP contribution in [0.2, 0.25) is 0 Å². The molecule has 11 heavy (non-hydrogen) atoms. The van der Waals surface area contributed by atoms with Crippen LogP contribution in [0.5, 0.6) is 0 Å². The van der Waals surface area contributed by atoms with Gasteiger partial charge in [-0.2, -0.15) is 0 Å². The summed E-state index contributed by atoms with van der Waals surface area (Å²) < 4.78 is 33.8. The van der Waals surface area contributed by atoms with E-state index in [1.165, 1.54) is 0 Å². The molecule has 0 bridgehead atoms. The summed E-state index contributed by atoms with van der Waals surface area (Å²) in [5, 5.41) is 8.38. The van der Waals surface area contributed by atoms with Crippen LogP contribution in [0.4, 0.5) is 0 Å². The van der Waals surface area contributed by atoms with Crippen LogP contribution in [0.15, 0.2) is 0 Å². The normalized spacial score (nSPS) is 37.7. The van der Waals surface area contributed by atoms with E-state index in [9.17, 15) is 9.13 Å². The van der Waals surface area contributed by atoms with Crippen LogP contribution in [0.3, 0.4) is 0 Å². The van der Waals surface area contributed by atoms with Gasteiger partial charge in [0.1, 0.15) is 0 Å². The fourth-order valence-electron chi connectivity index (χ4n) is 0.429. The molecule has 1 N–H and O–H groups in total. The summed E-state index contributed by atoms with van der Waals surface area (Å²) in [5.74, 6) is 0. The minimum absolute atomic E-state index is 0.